The maximum atomic E-state index is 13.4. The predicted molar refractivity (Wildman–Crippen MR) is 82.1 cm³/mol. The Balaban J connectivity index is 1.95. The molecule has 1 aliphatic heterocycles. The Bertz CT molecular complexity index is 660. The van der Waals surface area contributed by atoms with Gasteiger partial charge in [0, 0.05) is 5.69 Å². The quantitative estimate of drug-likeness (QED) is 0.867. The van der Waals surface area contributed by atoms with Gasteiger partial charge in [-0.25, -0.2) is 4.39 Å². The van der Waals surface area contributed by atoms with E-state index in [1.165, 1.54) is 23.9 Å². The fourth-order valence-electron chi connectivity index (χ4n) is 2.35. The topological polar surface area (TPSA) is 29.5 Å². The molecule has 0 unspecified atom stereocenters. The second-order valence-corrected chi connectivity index (χ2v) is 5.75. The molecule has 108 valence electrons. The third kappa shape index (κ3) is 2.74. The standard InChI is InChI=1S/C16H14FNO2S/c1-20-14-7-5-13(6-8-14)18-15(19)10-21-16(18)11-3-2-4-12(17)9-11/h2-9,16H,10H2,1H3/t16-/m0/s1. The molecule has 2 aromatic carbocycles. The number of rotatable bonds is 3. The van der Waals surface area contributed by atoms with Crippen LogP contribution in [0.15, 0.2) is 48.5 Å². The van der Waals surface area contributed by atoms with Gasteiger partial charge in [-0.15, -0.1) is 11.8 Å². The summed E-state index contributed by atoms with van der Waals surface area (Å²) in [4.78, 5) is 13.9. The fourth-order valence-corrected chi connectivity index (χ4v) is 3.52. The van der Waals surface area contributed by atoms with Crippen LogP contribution in [0.3, 0.4) is 0 Å². The zero-order valence-electron chi connectivity index (χ0n) is 11.5. The van der Waals surface area contributed by atoms with E-state index in [1.54, 1.807) is 18.1 Å². The second kappa shape index (κ2) is 5.77. The van der Waals surface area contributed by atoms with Gasteiger partial charge in [-0.3, -0.25) is 9.69 Å². The average Bonchev–Trinajstić information content (AvgIpc) is 2.89. The first-order valence-corrected chi connectivity index (χ1v) is 7.57. The van der Waals surface area contributed by atoms with Crippen LogP contribution in [0.25, 0.3) is 0 Å². The molecule has 1 fully saturated rings. The Morgan fingerprint density at radius 3 is 2.67 bits per heavy atom. The highest BCUT2D eigenvalue weighted by atomic mass is 32.2. The van der Waals surface area contributed by atoms with Gasteiger partial charge in [0.2, 0.25) is 5.91 Å². The maximum absolute atomic E-state index is 13.4. The smallest absolute Gasteiger partial charge is 0.238 e. The fraction of sp³-hybridized carbons (Fsp3) is 0.188. The van der Waals surface area contributed by atoms with Crippen molar-refractivity contribution in [2.45, 2.75) is 5.37 Å². The summed E-state index contributed by atoms with van der Waals surface area (Å²) < 4.78 is 18.5. The van der Waals surface area contributed by atoms with Gasteiger partial charge < -0.3 is 4.74 Å². The van der Waals surface area contributed by atoms with Crippen LogP contribution in [0.5, 0.6) is 5.75 Å². The van der Waals surface area contributed by atoms with Gasteiger partial charge in [0.25, 0.3) is 0 Å². The first-order chi connectivity index (χ1) is 10.2. The number of hydrogen-bond acceptors (Lipinski definition) is 3. The number of benzene rings is 2. The van der Waals surface area contributed by atoms with Gasteiger partial charge in [-0.2, -0.15) is 0 Å². The van der Waals surface area contributed by atoms with E-state index in [0.29, 0.717) is 5.75 Å². The summed E-state index contributed by atoms with van der Waals surface area (Å²) in [6.45, 7) is 0. The van der Waals surface area contributed by atoms with Crippen LogP contribution in [-0.4, -0.2) is 18.8 Å². The molecular formula is C16H14FNO2S. The van der Waals surface area contributed by atoms with Crippen LogP contribution in [0.2, 0.25) is 0 Å². The Morgan fingerprint density at radius 1 is 1.24 bits per heavy atom. The lowest BCUT2D eigenvalue weighted by molar-refractivity contribution is -0.115. The van der Waals surface area contributed by atoms with Crippen molar-refractivity contribution in [3.8, 4) is 5.75 Å². The summed E-state index contributed by atoms with van der Waals surface area (Å²) in [6, 6.07) is 13.7. The van der Waals surface area contributed by atoms with E-state index < -0.39 is 0 Å². The largest absolute Gasteiger partial charge is 0.497 e. The van der Waals surface area contributed by atoms with Gasteiger partial charge in [0.15, 0.2) is 0 Å². The monoisotopic (exact) mass is 303 g/mol. The molecule has 1 amide bonds. The van der Waals surface area contributed by atoms with E-state index in [4.69, 9.17) is 4.74 Å². The number of anilines is 1. The lowest BCUT2D eigenvalue weighted by Gasteiger charge is -2.24. The number of ether oxygens (including phenoxy) is 1. The van der Waals surface area contributed by atoms with Crippen LogP contribution < -0.4 is 9.64 Å². The normalized spacial score (nSPS) is 18.1. The van der Waals surface area contributed by atoms with Crippen molar-refractivity contribution in [2.24, 2.45) is 0 Å². The van der Waals surface area contributed by atoms with Crippen molar-refractivity contribution in [3.63, 3.8) is 0 Å². The van der Waals surface area contributed by atoms with Gasteiger partial charge in [0.05, 0.1) is 12.9 Å². The lowest BCUT2D eigenvalue weighted by atomic mass is 10.2. The van der Waals surface area contributed by atoms with Crippen LogP contribution in [-0.2, 0) is 4.79 Å². The molecule has 21 heavy (non-hydrogen) atoms. The molecule has 1 saturated heterocycles. The third-order valence-electron chi connectivity index (χ3n) is 3.35. The molecule has 1 aliphatic rings. The number of amides is 1. The van der Waals surface area contributed by atoms with Crippen molar-refractivity contribution < 1.29 is 13.9 Å². The van der Waals surface area contributed by atoms with Crippen LogP contribution in [0.4, 0.5) is 10.1 Å². The lowest BCUT2D eigenvalue weighted by Crippen LogP contribution is -2.27. The molecule has 2 aromatic rings. The Morgan fingerprint density at radius 2 is 2.00 bits per heavy atom. The molecule has 0 bridgehead atoms. The zero-order chi connectivity index (χ0) is 14.8. The van der Waals surface area contributed by atoms with Gasteiger partial charge >= 0.3 is 0 Å². The van der Waals surface area contributed by atoms with Crippen molar-refractivity contribution in [2.75, 3.05) is 17.8 Å². The van der Waals surface area contributed by atoms with Gasteiger partial charge in [-0.1, -0.05) is 12.1 Å². The molecule has 0 aliphatic carbocycles. The minimum Gasteiger partial charge on any atom is -0.497 e. The molecule has 5 heteroatoms. The summed E-state index contributed by atoms with van der Waals surface area (Å²) in [5, 5.41) is -0.193. The summed E-state index contributed by atoms with van der Waals surface area (Å²) in [5.41, 5.74) is 1.58. The summed E-state index contributed by atoms with van der Waals surface area (Å²) >= 11 is 1.50. The van der Waals surface area contributed by atoms with Crippen molar-refractivity contribution >= 4 is 23.4 Å². The molecule has 3 nitrogen and oxygen atoms in total. The minimum absolute atomic E-state index is 0.0272. The van der Waals surface area contributed by atoms with E-state index in [0.717, 1.165) is 17.0 Å². The molecular weight excluding hydrogens is 289 g/mol. The van der Waals surface area contributed by atoms with Crippen LogP contribution in [0, 0.1) is 5.82 Å². The maximum Gasteiger partial charge on any atom is 0.238 e. The number of methoxy groups -OCH3 is 1. The molecule has 0 radical (unpaired) electrons. The number of carbonyl (C=O) groups is 1. The van der Waals surface area contributed by atoms with E-state index in [1.807, 2.05) is 30.3 Å². The highest BCUT2D eigenvalue weighted by molar-refractivity contribution is 8.00. The van der Waals surface area contributed by atoms with Crippen LogP contribution >= 0.6 is 11.8 Å². The molecule has 0 aromatic heterocycles. The SMILES string of the molecule is COc1ccc(N2C(=O)CS[C@H]2c2cccc(F)c2)cc1. The number of thioether (sulfide) groups is 1. The second-order valence-electron chi connectivity index (χ2n) is 4.68. The first-order valence-electron chi connectivity index (χ1n) is 6.52. The molecule has 1 heterocycles. The summed E-state index contributed by atoms with van der Waals surface area (Å²) in [7, 11) is 1.60. The van der Waals surface area contributed by atoms with E-state index in [2.05, 4.69) is 0 Å². The predicted octanol–water partition coefficient (Wildman–Crippen LogP) is 3.61. The van der Waals surface area contributed by atoms with Crippen LogP contribution in [0.1, 0.15) is 10.9 Å². The number of halogens is 1. The molecule has 3 rings (SSSR count). The molecule has 1 atom stereocenters. The number of nitrogens with zero attached hydrogens (tertiary/aromatic N) is 1. The first kappa shape index (κ1) is 13.9. The highest BCUT2D eigenvalue weighted by Gasteiger charge is 2.34. The highest BCUT2D eigenvalue weighted by Crippen LogP contribution is 2.42. The van der Waals surface area contributed by atoms with Gasteiger partial charge in [0.1, 0.15) is 16.9 Å². The Kier molecular flexibility index (Phi) is 3.84. The number of hydrogen-bond donors (Lipinski definition) is 0. The molecule has 0 N–H and O–H groups in total. The summed E-state index contributed by atoms with van der Waals surface area (Å²) in [5.74, 6) is 0.870. The van der Waals surface area contributed by atoms with E-state index in [9.17, 15) is 9.18 Å². The Hall–Kier alpha value is -2.01. The molecule has 0 saturated carbocycles. The summed E-state index contributed by atoms with van der Waals surface area (Å²) in [6.07, 6.45) is 0. The Labute approximate surface area is 126 Å². The van der Waals surface area contributed by atoms with Crippen molar-refractivity contribution in [3.05, 3.63) is 59.9 Å². The third-order valence-corrected chi connectivity index (χ3v) is 4.56. The number of carbonyl (C=O) groups excluding carboxylic acids is 1. The van der Waals surface area contributed by atoms with Crippen molar-refractivity contribution in [1.82, 2.24) is 0 Å². The molecule has 0 spiro atoms. The van der Waals surface area contributed by atoms with Gasteiger partial charge in [-0.05, 0) is 42.0 Å². The van der Waals surface area contributed by atoms with E-state index in [-0.39, 0.29) is 17.1 Å². The van der Waals surface area contributed by atoms with E-state index >= 15 is 0 Å². The average molecular weight is 303 g/mol. The zero-order valence-corrected chi connectivity index (χ0v) is 12.3. The minimum atomic E-state index is -0.290. The van der Waals surface area contributed by atoms with Crippen molar-refractivity contribution in [1.29, 1.82) is 0 Å².